The zero-order chi connectivity index (χ0) is 64.8. The number of nitrogens with two attached hydrogens (primary N) is 4. The lowest BCUT2D eigenvalue weighted by Gasteiger charge is -2.33. The minimum atomic E-state index is -5.08. The standard InChI is InChI=1S/C43H64N14O7.3C2HF3O2/c1-27(38(61)55-33(41(64)53-28(2)58)15-10-22-50-43(46)47)52-36(59)25-51-40(63)32(14-9-21-49-42(44)45)48-20-8-7-11-29-18-23-56(24-19-29)26-37(60)57-34-16-5-3-12-30(34)39(62)54-31-13-4-6-17-35(31)57;3*3-2(4,5)1(6)7/h3-6,12-13,16-17,27,29,32-33,48H,7-11,14-15,18-26H2,1-2H3,(H,51,63)(H,52,59)(H,54,62)(H,55,61)(H4,44,45,49)(H4,46,47,50)(H,53,58,64);3*(H,6,7)/t27-,32-,33-;;;/m0.../s1. The third-order valence-corrected chi connectivity index (χ3v) is 11.6. The average molecular weight is 1230 g/mol. The molecular formula is C49H67F9N14O13. The average Bonchev–Trinajstić information content (AvgIpc) is 2.13. The molecule has 27 nitrogen and oxygen atoms in total. The molecule has 17 N–H and O–H groups in total. The van der Waals surface area contributed by atoms with E-state index in [2.05, 4.69) is 46.8 Å². The summed E-state index contributed by atoms with van der Waals surface area (Å²) in [6.07, 6.45) is -9.28. The number of likely N-dealkylation sites (tertiary alicyclic amines) is 1. The van der Waals surface area contributed by atoms with E-state index >= 15 is 0 Å². The van der Waals surface area contributed by atoms with Crippen LogP contribution in [0.25, 0.3) is 0 Å². The third-order valence-electron chi connectivity index (χ3n) is 11.6. The van der Waals surface area contributed by atoms with Crippen LogP contribution in [0.5, 0.6) is 0 Å². The number of benzene rings is 2. The molecule has 0 spiro atoms. The summed E-state index contributed by atoms with van der Waals surface area (Å²) < 4.78 is 95.2. The smallest absolute Gasteiger partial charge is 0.475 e. The minimum Gasteiger partial charge on any atom is -0.475 e. The third kappa shape index (κ3) is 29.8. The molecule has 0 aliphatic carbocycles. The van der Waals surface area contributed by atoms with Crippen molar-refractivity contribution in [2.75, 3.05) is 56.0 Å². The predicted molar refractivity (Wildman–Crippen MR) is 285 cm³/mol. The minimum absolute atomic E-state index is 0.0535. The van der Waals surface area contributed by atoms with Crippen molar-refractivity contribution in [1.82, 2.24) is 31.5 Å². The molecule has 0 radical (unpaired) electrons. The summed E-state index contributed by atoms with van der Waals surface area (Å²) in [6, 6.07) is 11.6. The number of halogens is 9. The van der Waals surface area contributed by atoms with Gasteiger partial charge in [0, 0.05) is 20.0 Å². The topological polar surface area (TPSA) is 439 Å². The fourth-order valence-electron chi connectivity index (χ4n) is 7.56. The number of piperidine rings is 1. The number of carbonyl (C=O) groups is 10. The molecule has 474 valence electrons. The second-order valence-corrected chi connectivity index (χ2v) is 18.4. The normalized spacial score (nSPS) is 14.2. The number of guanidine groups is 2. The molecule has 2 heterocycles. The number of hydrogen-bond acceptors (Lipinski definition) is 14. The van der Waals surface area contributed by atoms with Gasteiger partial charge in [-0.1, -0.05) is 37.1 Å². The lowest BCUT2D eigenvalue weighted by molar-refractivity contribution is -0.193. The number of carboxylic acids is 3. The molecule has 0 bridgehead atoms. The highest BCUT2D eigenvalue weighted by Gasteiger charge is 2.40. The zero-order valence-corrected chi connectivity index (χ0v) is 45.7. The molecule has 0 unspecified atom stereocenters. The summed E-state index contributed by atoms with van der Waals surface area (Å²) in [4.78, 5) is 128. The highest BCUT2D eigenvalue weighted by Crippen LogP contribution is 2.38. The number of alkyl halides is 9. The summed E-state index contributed by atoms with van der Waals surface area (Å²) in [7, 11) is 0. The molecule has 2 aliphatic heterocycles. The molecule has 2 aromatic carbocycles. The van der Waals surface area contributed by atoms with Gasteiger partial charge in [0.05, 0.1) is 41.8 Å². The quantitative estimate of drug-likeness (QED) is 0.0325. The van der Waals surface area contributed by atoms with Crippen molar-refractivity contribution in [3.63, 3.8) is 0 Å². The molecule has 4 rings (SSSR count). The molecule has 3 atom stereocenters. The van der Waals surface area contributed by atoms with Crippen LogP contribution >= 0.6 is 0 Å². The molecule has 0 saturated carbocycles. The van der Waals surface area contributed by atoms with Gasteiger partial charge in [0.25, 0.3) is 5.91 Å². The van der Waals surface area contributed by atoms with Gasteiger partial charge in [0.1, 0.15) is 12.1 Å². The molecular weight excluding hydrogens is 1160 g/mol. The Morgan fingerprint density at radius 2 is 1.15 bits per heavy atom. The van der Waals surface area contributed by atoms with E-state index in [1.54, 1.807) is 29.2 Å². The van der Waals surface area contributed by atoms with Crippen molar-refractivity contribution >= 4 is 88.2 Å². The number of anilines is 3. The van der Waals surface area contributed by atoms with E-state index in [1.807, 2.05) is 24.3 Å². The van der Waals surface area contributed by atoms with Gasteiger partial charge in [-0.25, -0.2) is 14.4 Å². The van der Waals surface area contributed by atoms with Crippen molar-refractivity contribution in [1.29, 1.82) is 0 Å². The first-order valence-corrected chi connectivity index (χ1v) is 25.4. The van der Waals surface area contributed by atoms with Crippen LogP contribution in [0, 0.1) is 5.92 Å². The highest BCUT2D eigenvalue weighted by atomic mass is 19.4. The van der Waals surface area contributed by atoms with Crippen molar-refractivity contribution in [3.8, 4) is 0 Å². The van der Waals surface area contributed by atoms with Crippen LogP contribution in [-0.2, 0) is 43.2 Å². The Labute approximate surface area is 478 Å². The van der Waals surface area contributed by atoms with E-state index in [9.17, 15) is 73.1 Å². The van der Waals surface area contributed by atoms with Gasteiger partial charge >= 0.3 is 36.4 Å². The Morgan fingerprint density at radius 1 is 0.671 bits per heavy atom. The van der Waals surface area contributed by atoms with Crippen molar-refractivity contribution in [3.05, 3.63) is 54.1 Å². The number of rotatable bonds is 23. The Kier molecular flexibility index (Phi) is 31.4. The fraction of sp³-hybridized carbons (Fsp3) is 0.510. The summed E-state index contributed by atoms with van der Waals surface area (Å²) in [5, 5.41) is 37.4. The number of aliphatic carboxylic acids is 3. The maximum absolute atomic E-state index is 13.9. The first-order chi connectivity index (χ1) is 39.5. The van der Waals surface area contributed by atoms with E-state index in [4.69, 9.17) is 52.6 Å². The summed E-state index contributed by atoms with van der Waals surface area (Å²) in [6.45, 7) is 5.03. The van der Waals surface area contributed by atoms with Gasteiger partial charge < -0.3 is 64.8 Å². The molecule has 2 aromatic rings. The summed E-state index contributed by atoms with van der Waals surface area (Å²) in [5.41, 5.74) is 23.8. The van der Waals surface area contributed by atoms with Gasteiger partial charge in [-0.3, -0.25) is 58.7 Å². The summed E-state index contributed by atoms with van der Waals surface area (Å²) >= 11 is 0. The van der Waals surface area contributed by atoms with Crippen LogP contribution in [0.3, 0.4) is 0 Å². The number of fused-ring (bicyclic) bond motifs is 2. The van der Waals surface area contributed by atoms with Crippen molar-refractivity contribution in [2.45, 2.75) is 108 Å². The predicted octanol–water partition coefficient (Wildman–Crippen LogP) is 1.53. The van der Waals surface area contributed by atoms with E-state index in [0.717, 1.165) is 45.2 Å². The molecule has 85 heavy (non-hydrogen) atoms. The van der Waals surface area contributed by atoms with Gasteiger partial charge in [-0.2, -0.15) is 39.5 Å². The van der Waals surface area contributed by atoms with Crippen LogP contribution in [0.15, 0.2) is 58.5 Å². The number of carboxylic acid groups (broad SMARTS) is 3. The second-order valence-electron chi connectivity index (χ2n) is 18.4. The number of amides is 7. The largest absolute Gasteiger partial charge is 0.490 e. The van der Waals surface area contributed by atoms with E-state index < -0.39 is 90.6 Å². The SMILES string of the molecule is CC(=O)NC(=O)[C@H](CCCN=C(N)N)NC(=O)[C@H](C)NC(=O)CNC(=O)[C@H](CCCN=C(N)N)NCCCCC1CCN(CC(=O)N2c3ccccc3NC(=O)c3ccccc32)CC1.O=C(O)C(F)(F)F.O=C(O)C(F)(F)F.O=C(O)C(F)(F)F. The Balaban J connectivity index is 0.00000145. The van der Waals surface area contributed by atoms with Gasteiger partial charge in [0.15, 0.2) is 11.9 Å². The van der Waals surface area contributed by atoms with E-state index in [-0.39, 0.29) is 43.2 Å². The number of aliphatic imine (C=N–C) groups is 2. The fourth-order valence-corrected chi connectivity index (χ4v) is 7.56. The first kappa shape index (κ1) is 74.2. The molecule has 7 amide bonds. The number of nitrogens with one attached hydrogen (secondary N) is 6. The molecule has 0 aromatic heterocycles. The van der Waals surface area contributed by atoms with Crippen LogP contribution in [-0.4, -0.2) is 174 Å². The van der Waals surface area contributed by atoms with Crippen LogP contribution in [0.1, 0.15) is 82.0 Å². The Bertz CT molecular complexity index is 2610. The van der Waals surface area contributed by atoms with Gasteiger partial charge in [-0.15, -0.1) is 0 Å². The molecule has 36 heteroatoms. The van der Waals surface area contributed by atoms with Gasteiger partial charge in [-0.05, 0) is 102 Å². The number of carbonyl (C=O) groups excluding carboxylic acids is 7. The summed E-state index contributed by atoms with van der Waals surface area (Å²) in [5.74, 6) is -11.3. The zero-order valence-electron chi connectivity index (χ0n) is 45.7. The van der Waals surface area contributed by atoms with Crippen LogP contribution in [0.4, 0.5) is 56.6 Å². The first-order valence-electron chi connectivity index (χ1n) is 25.4. The van der Waals surface area contributed by atoms with Crippen LogP contribution < -0.4 is 59.7 Å². The molecule has 1 saturated heterocycles. The number of para-hydroxylation sites is 3. The van der Waals surface area contributed by atoms with E-state index in [1.165, 1.54) is 13.8 Å². The number of unbranched alkanes of at least 4 members (excludes halogenated alkanes) is 1. The monoisotopic (exact) mass is 1230 g/mol. The Hall–Kier alpha value is -8.83. The van der Waals surface area contributed by atoms with Gasteiger partial charge in [0.2, 0.25) is 35.4 Å². The lowest BCUT2D eigenvalue weighted by Crippen LogP contribution is -2.54. The maximum Gasteiger partial charge on any atom is 0.490 e. The Morgan fingerprint density at radius 3 is 1.65 bits per heavy atom. The molecule has 1 fully saturated rings. The lowest BCUT2D eigenvalue weighted by atomic mass is 9.91. The maximum atomic E-state index is 13.9. The number of imide groups is 1. The molecule has 2 aliphatic rings. The van der Waals surface area contributed by atoms with Crippen molar-refractivity contribution < 1.29 is 103 Å². The number of hydrogen-bond donors (Lipinski definition) is 13. The second kappa shape index (κ2) is 36.0. The highest BCUT2D eigenvalue weighted by molar-refractivity contribution is 6.18. The van der Waals surface area contributed by atoms with Crippen LogP contribution in [0.2, 0.25) is 0 Å². The van der Waals surface area contributed by atoms with Crippen molar-refractivity contribution in [2.24, 2.45) is 38.8 Å². The number of nitrogens with zero attached hydrogens (tertiary/aromatic N) is 4. The van der Waals surface area contributed by atoms with E-state index in [0.29, 0.717) is 60.9 Å².